The second-order valence-corrected chi connectivity index (χ2v) is 10.1. The highest BCUT2D eigenvalue weighted by atomic mass is 16.5. The molecule has 5 aromatic rings. The summed E-state index contributed by atoms with van der Waals surface area (Å²) in [7, 11) is 1.65. The fourth-order valence-corrected chi connectivity index (χ4v) is 5.50. The van der Waals surface area contributed by atoms with Crippen LogP contribution in [-0.2, 0) is 13.0 Å². The molecule has 204 valence electrons. The number of piperazine rings is 1. The number of fused-ring (bicyclic) bond motifs is 1. The Kier molecular flexibility index (Phi) is 7.29. The lowest BCUT2D eigenvalue weighted by Gasteiger charge is -2.39. The Balaban J connectivity index is 1.38. The summed E-state index contributed by atoms with van der Waals surface area (Å²) in [6.07, 6.45) is 0.926. The standard InChI is InChI=1S/C31H33N7O2/c1-3-22-11-14-28-24(19-22)20-27(31(39)32-28)29(37-17-15-36(16-18-37)25-7-5-4-6-8-25)30-33-34-35-38(30)21-23-9-12-26(40-2)13-10-23/h4-14,19-20,29H,3,15-18,21H2,1-2H3,(H,32,39). The summed E-state index contributed by atoms with van der Waals surface area (Å²) in [6.45, 7) is 5.83. The molecule has 1 aliphatic heterocycles. The average molecular weight is 536 g/mol. The summed E-state index contributed by atoms with van der Waals surface area (Å²) < 4.78 is 7.12. The average Bonchev–Trinajstić information content (AvgIpc) is 3.46. The predicted molar refractivity (Wildman–Crippen MR) is 156 cm³/mol. The Hall–Kier alpha value is -4.50. The molecule has 2 aromatic heterocycles. The Labute approximate surface area is 233 Å². The van der Waals surface area contributed by atoms with Gasteiger partial charge >= 0.3 is 0 Å². The van der Waals surface area contributed by atoms with Gasteiger partial charge in [-0.2, -0.15) is 0 Å². The van der Waals surface area contributed by atoms with Crippen molar-refractivity contribution < 1.29 is 4.74 Å². The number of anilines is 1. The van der Waals surface area contributed by atoms with Crippen LogP contribution in [0.1, 0.15) is 35.5 Å². The van der Waals surface area contributed by atoms with Crippen LogP contribution in [0.25, 0.3) is 10.9 Å². The number of aromatic amines is 1. The maximum absolute atomic E-state index is 13.6. The van der Waals surface area contributed by atoms with Gasteiger partial charge in [0.1, 0.15) is 11.8 Å². The molecule has 9 nitrogen and oxygen atoms in total. The van der Waals surface area contributed by atoms with Gasteiger partial charge in [-0.25, -0.2) is 4.68 Å². The first-order chi connectivity index (χ1) is 19.6. The van der Waals surface area contributed by atoms with Gasteiger partial charge in [0.25, 0.3) is 5.56 Å². The number of hydrogen-bond donors (Lipinski definition) is 1. The molecule has 0 aliphatic carbocycles. The van der Waals surface area contributed by atoms with Crippen molar-refractivity contribution in [2.45, 2.75) is 25.9 Å². The Bertz CT molecular complexity index is 1640. The minimum atomic E-state index is -0.399. The van der Waals surface area contributed by atoms with E-state index >= 15 is 0 Å². The second-order valence-electron chi connectivity index (χ2n) is 10.1. The van der Waals surface area contributed by atoms with E-state index in [4.69, 9.17) is 4.74 Å². The Morgan fingerprint density at radius 3 is 2.40 bits per heavy atom. The van der Waals surface area contributed by atoms with Crippen LogP contribution in [0, 0.1) is 0 Å². The zero-order chi connectivity index (χ0) is 27.5. The number of nitrogens with one attached hydrogen (secondary N) is 1. The lowest BCUT2D eigenvalue weighted by molar-refractivity contribution is 0.200. The SMILES string of the molecule is CCc1ccc2[nH]c(=O)c(C(c3nnnn3Cc3ccc(OC)cc3)N3CCN(c4ccccc4)CC3)cc2c1. The highest BCUT2D eigenvalue weighted by Crippen LogP contribution is 2.29. The zero-order valence-electron chi connectivity index (χ0n) is 22.8. The summed E-state index contributed by atoms with van der Waals surface area (Å²) in [5.41, 5.74) is 4.84. The molecule has 0 radical (unpaired) electrons. The van der Waals surface area contributed by atoms with Crippen LogP contribution in [-0.4, -0.2) is 63.4 Å². The van der Waals surface area contributed by atoms with Crippen LogP contribution in [0.2, 0.25) is 0 Å². The summed E-state index contributed by atoms with van der Waals surface area (Å²) in [5, 5.41) is 13.9. The first-order valence-electron chi connectivity index (χ1n) is 13.7. The third-order valence-electron chi connectivity index (χ3n) is 7.74. The number of benzene rings is 3. The van der Waals surface area contributed by atoms with Gasteiger partial charge in [-0.3, -0.25) is 9.69 Å². The third kappa shape index (κ3) is 5.20. The number of rotatable bonds is 8. The molecule has 1 aliphatic rings. The molecule has 9 heteroatoms. The normalized spacial score (nSPS) is 14.9. The highest BCUT2D eigenvalue weighted by Gasteiger charge is 2.32. The van der Waals surface area contributed by atoms with E-state index in [9.17, 15) is 4.79 Å². The van der Waals surface area contributed by atoms with Crippen molar-refractivity contribution >= 4 is 16.6 Å². The molecular weight excluding hydrogens is 502 g/mol. The van der Waals surface area contributed by atoms with Crippen LogP contribution in [0.4, 0.5) is 5.69 Å². The van der Waals surface area contributed by atoms with Gasteiger partial charge in [-0.05, 0) is 75.8 Å². The first kappa shape index (κ1) is 25.8. The fourth-order valence-electron chi connectivity index (χ4n) is 5.50. The lowest BCUT2D eigenvalue weighted by Crippen LogP contribution is -2.49. The topological polar surface area (TPSA) is 92.2 Å². The van der Waals surface area contributed by atoms with Crippen LogP contribution >= 0.6 is 0 Å². The van der Waals surface area contributed by atoms with Crippen LogP contribution < -0.4 is 15.2 Å². The van der Waals surface area contributed by atoms with E-state index in [1.165, 1.54) is 11.3 Å². The van der Waals surface area contributed by atoms with Gasteiger partial charge in [-0.15, -0.1) is 5.10 Å². The third-order valence-corrected chi connectivity index (χ3v) is 7.74. The van der Waals surface area contributed by atoms with E-state index in [1.54, 1.807) is 7.11 Å². The molecule has 40 heavy (non-hydrogen) atoms. The second kappa shape index (κ2) is 11.3. The Morgan fingerprint density at radius 1 is 0.925 bits per heavy atom. The zero-order valence-corrected chi connectivity index (χ0v) is 22.8. The van der Waals surface area contributed by atoms with Crippen molar-refractivity contribution in [3.8, 4) is 5.75 Å². The number of aryl methyl sites for hydroxylation is 1. The van der Waals surface area contributed by atoms with Gasteiger partial charge in [0, 0.05) is 42.9 Å². The van der Waals surface area contributed by atoms with E-state index in [2.05, 4.69) is 73.6 Å². The minimum absolute atomic E-state index is 0.119. The van der Waals surface area contributed by atoms with Gasteiger partial charge in [-0.1, -0.05) is 43.3 Å². The molecule has 0 bridgehead atoms. The summed E-state index contributed by atoms with van der Waals surface area (Å²) in [6, 6.07) is 26.1. The number of pyridine rings is 1. The number of ether oxygens (including phenoxy) is 1. The fraction of sp³-hybridized carbons (Fsp3) is 0.290. The molecule has 3 heterocycles. The smallest absolute Gasteiger partial charge is 0.253 e. The number of H-pyrrole nitrogens is 1. The molecule has 1 N–H and O–H groups in total. The summed E-state index contributed by atoms with van der Waals surface area (Å²) in [5.74, 6) is 1.45. The number of methoxy groups -OCH3 is 1. The van der Waals surface area contributed by atoms with Crippen molar-refractivity contribution in [3.05, 3.63) is 112 Å². The largest absolute Gasteiger partial charge is 0.497 e. The summed E-state index contributed by atoms with van der Waals surface area (Å²) >= 11 is 0. The Morgan fingerprint density at radius 2 is 1.68 bits per heavy atom. The predicted octanol–water partition coefficient (Wildman–Crippen LogP) is 4.05. The van der Waals surface area contributed by atoms with Crippen molar-refractivity contribution in [1.82, 2.24) is 30.1 Å². The van der Waals surface area contributed by atoms with Gasteiger partial charge in [0.15, 0.2) is 5.82 Å². The molecule has 0 saturated carbocycles. The van der Waals surface area contributed by atoms with Gasteiger partial charge < -0.3 is 14.6 Å². The monoisotopic (exact) mass is 535 g/mol. The van der Waals surface area contributed by atoms with Gasteiger partial charge in [0.2, 0.25) is 0 Å². The maximum atomic E-state index is 13.6. The number of para-hydroxylation sites is 1. The summed E-state index contributed by atoms with van der Waals surface area (Å²) in [4.78, 5) is 21.4. The van der Waals surface area contributed by atoms with E-state index in [-0.39, 0.29) is 5.56 Å². The number of aromatic nitrogens is 5. The molecular formula is C31H33N7O2. The van der Waals surface area contributed by atoms with Crippen LogP contribution in [0.3, 0.4) is 0 Å². The molecule has 0 amide bonds. The van der Waals surface area contributed by atoms with Crippen molar-refractivity contribution in [3.63, 3.8) is 0 Å². The number of tetrazole rings is 1. The quantitative estimate of drug-likeness (QED) is 0.321. The van der Waals surface area contributed by atoms with Crippen molar-refractivity contribution in [1.29, 1.82) is 0 Å². The first-order valence-corrected chi connectivity index (χ1v) is 13.7. The molecule has 1 unspecified atom stereocenters. The van der Waals surface area contributed by atoms with Crippen molar-refractivity contribution in [2.24, 2.45) is 0 Å². The highest BCUT2D eigenvalue weighted by molar-refractivity contribution is 5.80. The number of hydrogen-bond acceptors (Lipinski definition) is 7. The van der Waals surface area contributed by atoms with E-state index in [0.29, 0.717) is 17.9 Å². The minimum Gasteiger partial charge on any atom is -0.497 e. The number of nitrogens with zero attached hydrogens (tertiary/aromatic N) is 6. The van der Waals surface area contributed by atoms with Crippen LogP contribution in [0.5, 0.6) is 5.75 Å². The molecule has 1 atom stereocenters. The lowest BCUT2D eigenvalue weighted by atomic mass is 10.0. The van der Waals surface area contributed by atoms with E-state index in [1.807, 2.05) is 47.1 Å². The molecule has 0 spiro atoms. The maximum Gasteiger partial charge on any atom is 0.253 e. The molecule has 3 aromatic carbocycles. The van der Waals surface area contributed by atoms with Crippen LogP contribution in [0.15, 0.2) is 83.7 Å². The van der Waals surface area contributed by atoms with E-state index < -0.39 is 6.04 Å². The van der Waals surface area contributed by atoms with Crippen molar-refractivity contribution in [2.75, 3.05) is 38.2 Å². The molecule has 6 rings (SSSR count). The van der Waals surface area contributed by atoms with Gasteiger partial charge in [0.05, 0.1) is 13.7 Å². The van der Waals surface area contributed by atoms with E-state index in [0.717, 1.165) is 54.8 Å². The molecule has 1 fully saturated rings. The molecule has 1 saturated heterocycles.